The Kier molecular flexibility index (Phi) is 7.42. The second-order valence-corrected chi connectivity index (χ2v) is 8.32. The molecule has 0 spiro atoms. The van der Waals surface area contributed by atoms with E-state index in [-0.39, 0.29) is 17.9 Å². The van der Waals surface area contributed by atoms with E-state index in [1.165, 1.54) is 0 Å². The molecule has 1 aromatic heterocycles. The van der Waals surface area contributed by atoms with E-state index in [0.29, 0.717) is 6.61 Å². The molecule has 32 heavy (non-hydrogen) atoms. The predicted molar refractivity (Wildman–Crippen MR) is 124 cm³/mol. The first kappa shape index (κ1) is 22.3. The van der Waals surface area contributed by atoms with Crippen molar-refractivity contribution in [1.82, 2.24) is 15.3 Å². The predicted octanol–water partition coefficient (Wildman–Crippen LogP) is 2.81. The monoisotopic (exact) mass is 439 g/mol. The highest BCUT2D eigenvalue weighted by atomic mass is 16.5. The minimum Gasteiger partial charge on any atom is -0.494 e. The van der Waals surface area contributed by atoms with Gasteiger partial charge in [0, 0.05) is 32.1 Å². The van der Waals surface area contributed by atoms with Gasteiger partial charge in [-0.3, -0.25) is 4.79 Å². The van der Waals surface area contributed by atoms with Crippen molar-refractivity contribution in [3.8, 4) is 5.75 Å². The van der Waals surface area contributed by atoms with Crippen molar-refractivity contribution in [2.24, 2.45) is 5.92 Å². The van der Waals surface area contributed by atoms with E-state index in [2.05, 4.69) is 25.1 Å². The molecule has 172 valence electrons. The first-order valence-corrected chi connectivity index (χ1v) is 11.6. The first-order chi connectivity index (χ1) is 15.7. The SMILES string of the molecule is CCOc1ccc([C@@H](C)NC(=O)C2CCN(c3cncnc3N3CCOCC3)CC2)cc1. The molecule has 4 rings (SSSR count). The number of hydrogen-bond donors (Lipinski definition) is 1. The third-order valence-electron chi connectivity index (χ3n) is 6.24. The van der Waals surface area contributed by atoms with Gasteiger partial charge >= 0.3 is 0 Å². The van der Waals surface area contributed by atoms with Crippen molar-refractivity contribution in [3.05, 3.63) is 42.4 Å². The van der Waals surface area contributed by atoms with Crippen LogP contribution in [0.4, 0.5) is 11.5 Å². The molecule has 1 N–H and O–H groups in total. The molecule has 2 aromatic rings. The number of nitrogens with one attached hydrogen (secondary N) is 1. The van der Waals surface area contributed by atoms with Crippen LogP contribution < -0.4 is 19.9 Å². The Morgan fingerprint density at radius 2 is 1.88 bits per heavy atom. The van der Waals surface area contributed by atoms with Crippen LogP contribution in [0.2, 0.25) is 0 Å². The molecule has 1 amide bonds. The molecule has 2 fully saturated rings. The fourth-order valence-corrected chi connectivity index (χ4v) is 4.37. The number of rotatable bonds is 7. The van der Waals surface area contributed by atoms with E-state index in [9.17, 15) is 4.79 Å². The molecular weight excluding hydrogens is 406 g/mol. The number of carbonyl (C=O) groups is 1. The van der Waals surface area contributed by atoms with E-state index >= 15 is 0 Å². The van der Waals surface area contributed by atoms with Gasteiger partial charge in [0.05, 0.1) is 37.7 Å². The zero-order valence-corrected chi connectivity index (χ0v) is 19.0. The maximum Gasteiger partial charge on any atom is 0.223 e. The molecule has 3 heterocycles. The van der Waals surface area contributed by atoms with Gasteiger partial charge in [-0.25, -0.2) is 9.97 Å². The Morgan fingerprint density at radius 1 is 1.16 bits per heavy atom. The maximum atomic E-state index is 12.9. The third-order valence-corrected chi connectivity index (χ3v) is 6.24. The van der Waals surface area contributed by atoms with Crippen LogP contribution in [-0.2, 0) is 9.53 Å². The summed E-state index contributed by atoms with van der Waals surface area (Å²) >= 11 is 0. The lowest BCUT2D eigenvalue weighted by Gasteiger charge is -2.36. The number of ether oxygens (including phenoxy) is 2. The molecule has 8 nitrogen and oxygen atoms in total. The van der Waals surface area contributed by atoms with Gasteiger partial charge < -0.3 is 24.6 Å². The number of benzene rings is 1. The van der Waals surface area contributed by atoms with E-state index in [0.717, 1.165) is 75.1 Å². The molecule has 2 aliphatic heterocycles. The molecule has 0 radical (unpaired) electrons. The lowest BCUT2D eigenvalue weighted by Crippen LogP contribution is -2.43. The van der Waals surface area contributed by atoms with Gasteiger partial charge in [-0.15, -0.1) is 0 Å². The smallest absolute Gasteiger partial charge is 0.223 e. The van der Waals surface area contributed by atoms with Crippen molar-refractivity contribution in [3.63, 3.8) is 0 Å². The van der Waals surface area contributed by atoms with Crippen LogP contribution in [-0.4, -0.2) is 61.9 Å². The summed E-state index contributed by atoms with van der Waals surface area (Å²) in [6.07, 6.45) is 5.14. The summed E-state index contributed by atoms with van der Waals surface area (Å²) in [5.41, 5.74) is 2.13. The standard InChI is InChI=1S/C24H33N5O3/c1-3-32-21-6-4-19(5-7-21)18(2)27-24(30)20-8-10-28(11-9-20)22-16-25-17-26-23(22)29-12-14-31-15-13-29/h4-7,16-18,20H,3,8-15H2,1-2H3,(H,27,30)/t18-/m1/s1. The number of piperidine rings is 1. The van der Waals surface area contributed by atoms with Crippen LogP contribution in [0, 0.1) is 5.92 Å². The van der Waals surface area contributed by atoms with Crippen LogP contribution in [0.1, 0.15) is 38.3 Å². The molecule has 2 aliphatic rings. The summed E-state index contributed by atoms with van der Waals surface area (Å²) < 4.78 is 11.0. The minimum absolute atomic E-state index is 0.0212. The molecule has 0 aliphatic carbocycles. The second kappa shape index (κ2) is 10.6. The van der Waals surface area contributed by atoms with E-state index in [1.807, 2.05) is 44.3 Å². The zero-order valence-electron chi connectivity index (χ0n) is 19.0. The average molecular weight is 440 g/mol. The molecule has 1 atom stereocenters. The third kappa shape index (κ3) is 5.30. The van der Waals surface area contributed by atoms with Crippen LogP contribution in [0.25, 0.3) is 0 Å². The highest BCUT2D eigenvalue weighted by Crippen LogP contribution is 2.30. The molecule has 8 heteroatoms. The van der Waals surface area contributed by atoms with Gasteiger partial charge in [-0.05, 0) is 44.4 Å². The fraction of sp³-hybridized carbons (Fsp3) is 0.542. The molecule has 0 saturated carbocycles. The summed E-state index contributed by atoms with van der Waals surface area (Å²) in [6.45, 7) is 9.40. The lowest BCUT2D eigenvalue weighted by molar-refractivity contribution is -0.126. The van der Waals surface area contributed by atoms with Gasteiger partial charge in [0.25, 0.3) is 0 Å². The first-order valence-electron chi connectivity index (χ1n) is 11.6. The van der Waals surface area contributed by atoms with Crippen molar-refractivity contribution in [2.75, 3.05) is 55.8 Å². The Balaban J connectivity index is 1.32. The Hall–Kier alpha value is -2.87. The average Bonchev–Trinajstić information content (AvgIpc) is 2.85. The molecule has 0 bridgehead atoms. The van der Waals surface area contributed by atoms with Crippen LogP contribution in [0.3, 0.4) is 0 Å². The lowest BCUT2D eigenvalue weighted by atomic mass is 9.95. The summed E-state index contributed by atoms with van der Waals surface area (Å²) in [5.74, 6) is 1.97. The largest absolute Gasteiger partial charge is 0.494 e. The maximum absolute atomic E-state index is 12.9. The van der Waals surface area contributed by atoms with Crippen molar-refractivity contribution < 1.29 is 14.3 Å². The van der Waals surface area contributed by atoms with Crippen molar-refractivity contribution >= 4 is 17.4 Å². The Morgan fingerprint density at radius 3 is 2.56 bits per heavy atom. The normalized spacial score (nSPS) is 18.3. The zero-order chi connectivity index (χ0) is 22.3. The van der Waals surface area contributed by atoms with E-state index in [1.54, 1.807) is 6.33 Å². The minimum atomic E-state index is -0.0355. The summed E-state index contributed by atoms with van der Waals surface area (Å²) in [4.78, 5) is 26.3. The number of hydrogen-bond acceptors (Lipinski definition) is 7. The highest BCUT2D eigenvalue weighted by molar-refractivity contribution is 5.79. The van der Waals surface area contributed by atoms with E-state index in [4.69, 9.17) is 9.47 Å². The van der Waals surface area contributed by atoms with Gasteiger partial charge in [-0.2, -0.15) is 0 Å². The van der Waals surface area contributed by atoms with E-state index < -0.39 is 0 Å². The van der Waals surface area contributed by atoms with Crippen LogP contribution >= 0.6 is 0 Å². The number of anilines is 2. The highest BCUT2D eigenvalue weighted by Gasteiger charge is 2.28. The Labute approximate surface area is 189 Å². The fourth-order valence-electron chi connectivity index (χ4n) is 4.37. The van der Waals surface area contributed by atoms with Gasteiger partial charge in [-0.1, -0.05) is 12.1 Å². The number of morpholine rings is 1. The van der Waals surface area contributed by atoms with Gasteiger partial charge in [0.1, 0.15) is 12.1 Å². The number of aromatic nitrogens is 2. The molecule has 2 saturated heterocycles. The van der Waals surface area contributed by atoms with Crippen molar-refractivity contribution in [2.45, 2.75) is 32.7 Å². The Bertz CT molecular complexity index is 877. The number of amides is 1. The van der Waals surface area contributed by atoms with Crippen molar-refractivity contribution in [1.29, 1.82) is 0 Å². The quantitative estimate of drug-likeness (QED) is 0.711. The summed E-state index contributed by atoms with van der Waals surface area (Å²) in [6, 6.07) is 7.90. The summed E-state index contributed by atoms with van der Waals surface area (Å²) in [5, 5.41) is 3.19. The number of nitrogens with zero attached hydrogens (tertiary/aromatic N) is 4. The topological polar surface area (TPSA) is 79.8 Å². The van der Waals surface area contributed by atoms with Gasteiger partial charge in [0.2, 0.25) is 5.91 Å². The molecule has 0 unspecified atom stereocenters. The number of carbonyl (C=O) groups excluding carboxylic acids is 1. The molecular formula is C24H33N5O3. The van der Waals surface area contributed by atoms with Gasteiger partial charge in [0.15, 0.2) is 5.82 Å². The van der Waals surface area contributed by atoms with Crippen LogP contribution in [0.5, 0.6) is 5.75 Å². The summed E-state index contributed by atoms with van der Waals surface area (Å²) in [7, 11) is 0. The second-order valence-electron chi connectivity index (χ2n) is 8.32. The molecule has 1 aromatic carbocycles. The van der Waals surface area contributed by atoms with Crippen LogP contribution in [0.15, 0.2) is 36.8 Å².